The maximum atomic E-state index is 12.6. The van der Waals surface area contributed by atoms with Crippen LogP contribution in [0, 0.1) is 13.5 Å². The molecule has 2 aromatic rings. The molecule has 22 heavy (non-hydrogen) atoms. The summed E-state index contributed by atoms with van der Waals surface area (Å²) in [5, 5.41) is 0. The Labute approximate surface area is 156 Å². The molecule has 0 fully saturated rings. The summed E-state index contributed by atoms with van der Waals surface area (Å²) in [4.78, 5) is 16.6. The molecule has 3 rings (SSSR count). The topological polar surface area (TPSA) is 39.2 Å². The van der Waals surface area contributed by atoms with E-state index >= 15 is 0 Å². The van der Waals surface area contributed by atoms with Gasteiger partial charge in [0.15, 0.2) is 5.60 Å². The fraction of sp³-hybridized carbons (Fsp3) is 0.167. The molecule has 111 valence electrons. The standard InChI is InChI=1S/C17H14NO2.CH3.Y/c1-17(2)16(19)14(12-6-4-3-5-7-12)15(20-17)13-8-10-18-11-9-13;;/h4-11H,1-2H3;1H3;/q2*-1;. The normalized spacial score (nSPS) is 15.6. The van der Waals surface area contributed by atoms with Gasteiger partial charge in [-0.3, -0.25) is 9.78 Å². The van der Waals surface area contributed by atoms with Crippen LogP contribution in [0.15, 0.2) is 48.8 Å². The molecular formula is C18H17NO2Y-2. The van der Waals surface area contributed by atoms with Gasteiger partial charge in [-0.15, -0.1) is 5.56 Å². The van der Waals surface area contributed by atoms with Gasteiger partial charge in [0.05, 0.1) is 0 Å². The third-order valence-corrected chi connectivity index (χ3v) is 3.31. The smallest absolute Gasteiger partial charge is 0.208 e. The van der Waals surface area contributed by atoms with Gasteiger partial charge in [0.1, 0.15) is 5.76 Å². The molecule has 0 saturated heterocycles. The minimum absolute atomic E-state index is 0. The van der Waals surface area contributed by atoms with Gasteiger partial charge >= 0.3 is 0 Å². The molecule has 0 spiro atoms. The van der Waals surface area contributed by atoms with Gasteiger partial charge in [-0.2, -0.15) is 30.3 Å². The third kappa shape index (κ3) is 3.36. The molecular weight excluding hydrogens is 351 g/mol. The number of hydrogen-bond acceptors (Lipinski definition) is 3. The number of Topliss-reactive ketones (excluding diaryl/α,β-unsaturated/α-hetero) is 1. The molecule has 0 saturated carbocycles. The Morgan fingerprint density at radius 1 is 1.05 bits per heavy atom. The van der Waals surface area contributed by atoms with Gasteiger partial charge in [0.2, 0.25) is 5.78 Å². The van der Waals surface area contributed by atoms with Gasteiger partial charge in [-0.05, 0) is 26.0 Å². The van der Waals surface area contributed by atoms with Crippen molar-refractivity contribution in [1.82, 2.24) is 4.98 Å². The number of hydrogen-bond donors (Lipinski definition) is 0. The van der Waals surface area contributed by atoms with Crippen molar-refractivity contribution in [3.63, 3.8) is 0 Å². The average Bonchev–Trinajstić information content (AvgIpc) is 2.72. The summed E-state index contributed by atoms with van der Waals surface area (Å²) in [6.45, 7) is 3.58. The van der Waals surface area contributed by atoms with Crippen molar-refractivity contribution in [2.75, 3.05) is 0 Å². The number of ether oxygens (including phenoxy) is 1. The Bertz CT molecular complexity index is 679. The van der Waals surface area contributed by atoms with Crippen LogP contribution >= 0.6 is 0 Å². The van der Waals surface area contributed by atoms with Gasteiger partial charge in [-0.25, -0.2) is 0 Å². The first-order valence-electron chi connectivity index (χ1n) is 6.44. The molecule has 0 bridgehead atoms. The summed E-state index contributed by atoms with van der Waals surface area (Å²) >= 11 is 0. The zero-order valence-corrected chi connectivity index (χ0v) is 15.8. The second kappa shape index (κ2) is 7.30. The van der Waals surface area contributed by atoms with Crippen LogP contribution in [-0.4, -0.2) is 16.4 Å². The van der Waals surface area contributed by atoms with Crippen LogP contribution in [0.2, 0.25) is 0 Å². The van der Waals surface area contributed by atoms with E-state index in [-0.39, 0.29) is 45.9 Å². The van der Waals surface area contributed by atoms with E-state index in [1.54, 1.807) is 38.4 Å². The summed E-state index contributed by atoms with van der Waals surface area (Å²) in [7, 11) is 0. The van der Waals surface area contributed by atoms with Gasteiger partial charge in [0, 0.05) is 56.2 Å². The van der Waals surface area contributed by atoms with E-state index in [0.717, 1.165) is 11.1 Å². The summed E-state index contributed by atoms with van der Waals surface area (Å²) < 4.78 is 5.91. The number of benzene rings is 1. The quantitative estimate of drug-likeness (QED) is 0.761. The van der Waals surface area contributed by atoms with Crippen LogP contribution in [0.4, 0.5) is 0 Å². The Morgan fingerprint density at radius 2 is 1.64 bits per heavy atom. The Balaban J connectivity index is 0.00000121. The van der Waals surface area contributed by atoms with Crippen molar-refractivity contribution < 1.29 is 42.2 Å². The van der Waals surface area contributed by atoms with Crippen molar-refractivity contribution in [3.05, 3.63) is 73.4 Å². The molecule has 0 aliphatic carbocycles. The predicted molar refractivity (Wildman–Crippen MR) is 82.9 cm³/mol. The zero-order valence-electron chi connectivity index (χ0n) is 13.0. The number of pyridine rings is 1. The number of carbonyl (C=O) groups excluding carboxylic acids is 1. The molecule has 1 aromatic heterocycles. The molecule has 0 unspecified atom stereocenters. The molecule has 2 heterocycles. The van der Waals surface area contributed by atoms with E-state index in [9.17, 15) is 4.79 Å². The molecule has 1 aromatic carbocycles. The summed E-state index contributed by atoms with van der Waals surface area (Å²) in [6.07, 6.45) is 3.38. The first kappa shape index (κ1) is 18.7. The number of ketones is 1. The number of rotatable bonds is 2. The van der Waals surface area contributed by atoms with E-state index in [1.165, 1.54) is 0 Å². The summed E-state index contributed by atoms with van der Waals surface area (Å²) in [5.41, 5.74) is 1.50. The van der Waals surface area contributed by atoms with E-state index in [4.69, 9.17) is 4.74 Å². The molecule has 3 nitrogen and oxygen atoms in total. The number of aromatic nitrogens is 1. The van der Waals surface area contributed by atoms with Crippen LogP contribution in [0.25, 0.3) is 11.3 Å². The molecule has 1 aliphatic heterocycles. The molecule has 0 N–H and O–H groups in total. The second-order valence-electron chi connectivity index (χ2n) is 5.17. The van der Waals surface area contributed by atoms with E-state index in [1.807, 2.05) is 24.3 Å². The minimum Gasteiger partial charge on any atom is -0.478 e. The van der Waals surface area contributed by atoms with Crippen molar-refractivity contribution in [2.45, 2.75) is 19.4 Å². The number of nitrogens with zero attached hydrogens (tertiary/aromatic N) is 1. The van der Waals surface area contributed by atoms with E-state index < -0.39 is 5.60 Å². The third-order valence-electron chi connectivity index (χ3n) is 3.31. The van der Waals surface area contributed by atoms with Crippen LogP contribution < -0.4 is 0 Å². The van der Waals surface area contributed by atoms with Gasteiger partial charge < -0.3 is 12.2 Å². The van der Waals surface area contributed by atoms with Crippen LogP contribution in [0.3, 0.4) is 0 Å². The first-order chi connectivity index (χ1) is 9.59. The zero-order chi connectivity index (χ0) is 14.2. The minimum atomic E-state index is -0.840. The van der Waals surface area contributed by atoms with Crippen molar-refractivity contribution in [1.29, 1.82) is 0 Å². The van der Waals surface area contributed by atoms with Crippen LogP contribution in [0.5, 0.6) is 0 Å². The molecule has 0 atom stereocenters. The van der Waals surface area contributed by atoms with Gasteiger partial charge in [-0.1, -0.05) is 0 Å². The first-order valence-corrected chi connectivity index (χ1v) is 6.44. The molecule has 4 heteroatoms. The van der Waals surface area contributed by atoms with Crippen molar-refractivity contribution in [2.24, 2.45) is 0 Å². The molecule has 0 amide bonds. The fourth-order valence-electron chi connectivity index (χ4n) is 2.28. The summed E-state index contributed by atoms with van der Waals surface area (Å²) in [5.74, 6) is 0.615. The average molecular weight is 368 g/mol. The summed E-state index contributed by atoms with van der Waals surface area (Å²) in [6, 6.07) is 14.0. The Hall–Kier alpha value is -1.32. The number of carbonyl (C=O) groups is 1. The van der Waals surface area contributed by atoms with Crippen LogP contribution in [-0.2, 0) is 42.2 Å². The molecule has 1 radical (unpaired) electrons. The van der Waals surface area contributed by atoms with Crippen molar-refractivity contribution in [3.8, 4) is 0 Å². The van der Waals surface area contributed by atoms with E-state index in [2.05, 4.69) is 11.1 Å². The maximum Gasteiger partial charge on any atom is 0.208 e. The monoisotopic (exact) mass is 368 g/mol. The second-order valence-corrected chi connectivity index (χ2v) is 5.17. The van der Waals surface area contributed by atoms with E-state index in [0.29, 0.717) is 11.3 Å². The maximum absolute atomic E-state index is 12.6. The SMILES string of the molecule is CC1(C)OC(c2ccncc2)=C(c2cc[c-]cc2)C1=O.[CH3-].[Y]. The van der Waals surface area contributed by atoms with Crippen LogP contribution in [0.1, 0.15) is 25.0 Å². The predicted octanol–water partition coefficient (Wildman–Crippen LogP) is 3.58. The Morgan fingerprint density at radius 3 is 2.23 bits per heavy atom. The largest absolute Gasteiger partial charge is 0.478 e. The van der Waals surface area contributed by atoms with Gasteiger partial charge in [0.25, 0.3) is 0 Å². The fourth-order valence-corrected chi connectivity index (χ4v) is 2.28. The van der Waals surface area contributed by atoms with Crippen molar-refractivity contribution >= 4 is 17.1 Å². The molecule has 1 aliphatic rings. The Kier molecular flexibility index (Phi) is 6.21.